The van der Waals surface area contributed by atoms with E-state index in [1.165, 1.54) is 12.1 Å². The van der Waals surface area contributed by atoms with E-state index in [1.807, 2.05) is 13.8 Å². The van der Waals surface area contributed by atoms with Gasteiger partial charge in [0.1, 0.15) is 5.82 Å². The molecular weight excluding hydrogens is 333 g/mol. The lowest BCUT2D eigenvalue weighted by molar-refractivity contribution is -0.124. The fraction of sp³-hybridized carbons (Fsp3) is 0.529. The number of nitrogens with one attached hydrogen (secondary N) is 1. The standard InChI is InChI=1S/C17H24FN3O2.ClH/c1-11(2)15(19)16(22)20-12-7-9-21(10-8-12)17(23)13-5-3-4-6-14(13)18;/h3-6,11-12,15H,7-10,19H2,1-2H3,(H,20,22);1H/t15-;/m0./s1. The summed E-state index contributed by atoms with van der Waals surface area (Å²) in [6, 6.07) is 5.48. The number of benzene rings is 1. The summed E-state index contributed by atoms with van der Waals surface area (Å²) in [6.07, 6.45) is 1.30. The van der Waals surface area contributed by atoms with Gasteiger partial charge >= 0.3 is 0 Å². The molecule has 1 atom stereocenters. The van der Waals surface area contributed by atoms with E-state index in [1.54, 1.807) is 17.0 Å². The molecule has 2 rings (SSSR count). The summed E-state index contributed by atoms with van der Waals surface area (Å²) in [5.74, 6) is -0.876. The van der Waals surface area contributed by atoms with E-state index in [9.17, 15) is 14.0 Å². The molecule has 24 heavy (non-hydrogen) atoms. The summed E-state index contributed by atoms with van der Waals surface area (Å²) < 4.78 is 13.7. The third-order valence-electron chi connectivity index (χ3n) is 4.25. The fourth-order valence-corrected chi connectivity index (χ4v) is 2.63. The molecule has 0 unspecified atom stereocenters. The molecular formula is C17H25ClFN3O2. The van der Waals surface area contributed by atoms with Crippen LogP contribution >= 0.6 is 12.4 Å². The van der Waals surface area contributed by atoms with Crippen molar-refractivity contribution in [3.05, 3.63) is 35.6 Å². The Hall–Kier alpha value is -1.66. The van der Waals surface area contributed by atoms with Crippen LogP contribution in [0.2, 0.25) is 0 Å². The van der Waals surface area contributed by atoms with Crippen LogP contribution < -0.4 is 11.1 Å². The molecule has 1 aliphatic heterocycles. The topological polar surface area (TPSA) is 75.4 Å². The van der Waals surface area contributed by atoms with Crippen molar-refractivity contribution < 1.29 is 14.0 Å². The Morgan fingerprint density at radius 2 is 1.83 bits per heavy atom. The zero-order chi connectivity index (χ0) is 17.0. The van der Waals surface area contributed by atoms with Gasteiger partial charge in [-0.15, -0.1) is 12.4 Å². The molecule has 0 spiro atoms. The van der Waals surface area contributed by atoms with Crippen molar-refractivity contribution in [3.8, 4) is 0 Å². The van der Waals surface area contributed by atoms with Gasteiger partial charge in [0, 0.05) is 19.1 Å². The predicted octanol–water partition coefficient (Wildman–Crippen LogP) is 1.95. The summed E-state index contributed by atoms with van der Waals surface area (Å²) in [7, 11) is 0. The van der Waals surface area contributed by atoms with Gasteiger partial charge in [-0.05, 0) is 30.9 Å². The molecule has 1 heterocycles. The first-order valence-electron chi connectivity index (χ1n) is 8.00. The number of carbonyl (C=O) groups excluding carboxylic acids is 2. The summed E-state index contributed by atoms with van der Waals surface area (Å²) in [4.78, 5) is 25.9. The normalized spacial score (nSPS) is 16.5. The molecule has 1 aromatic carbocycles. The van der Waals surface area contributed by atoms with E-state index < -0.39 is 11.9 Å². The fourth-order valence-electron chi connectivity index (χ4n) is 2.63. The maximum Gasteiger partial charge on any atom is 0.256 e. The van der Waals surface area contributed by atoms with Gasteiger partial charge in [-0.25, -0.2) is 4.39 Å². The number of nitrogens with two attached hydrogens (primary N) is 1. The maximum atomic E-state index is 13.7. The van der Waals surface area contributed by atoms with Gasteiger partial charge in [0.2, 0.25) is 5.91 Å². The molecule has 0 radical (unpaired) electrons. The first kappa shape index (κ1) is 20.4. The molecule has 0 bridgehead atoms. The lowest BCUT2D eigenvalue weighted by Gasteiger charge is -2.33. The lowest BCUT2D eigenvalue weighted by Crippen LogP contribution is -2.51. The summed E-state index contributed by atoms with van der Waals surface area (Å²) in [5.41, 5.74) is 5.92. The van der Waals surface area contributed by atoms with Gasteiger partial charge < -0.3 is 16.0 Å². The molecule has 1 saturated heterocycles. The zero-order valence-corrected chi connectivity index (χ0v) is 14.8. The van der Waals surface area contributed by atoms with Crippen LogP contribution in [-0.2, 0) is 4.79 Å². The van der Waals surface area contributed by atoms with Crippen molar-refractivity contribution in [1.82, 2.24) is 10.2 Å². The lowest BCUT2D eigenvalue weighted by atomic mass is 10.0. The maximum absolute atomic E-state index is 13.7. The molecule has 0 aliphatic carbocycles. The van der Waals surface area contributed by atoms with E-state index in [4.69, 9.17) is 5.73 Å². The highest BCUT2D eigenvalue weighted by atomic mass is 35.5. The smallest absolute Gasteiger partial charge is 0.256 e. The minimum absolute atomic E-state index is 0. The molecule has 5 nitrogen and oxygen atoms in total. The van der Waals surface area contributed by atoms with Crippen molar-refractivity contribution in [2.24, 2.45) is 11.7 Å². The molecule has 134 valence electrons. The van der Waals surface area contributed by atoms with E-state index in [0.29, 0.717) is 25.9 Å². The summed E-state index contributed by atoms with van der Waals surface area (Å²) in [5, 5.41) is 2.93. The monoisotopic (exact) mass is 357 g/mol. The highest BCUT2D eigenvalue weighted by Crippen LogP contribution is 2.16. The molecule has 2 amide bonds. The van der Waals surface area contributed by atoms with Crippen LogP contribution in [0, 0.1) is 11.7 Å². The quantitative estimate of drug-likeness (QED) is 0.864. The van der Waals surface area contributed by atoms with Crippen molar-refractivity contribution in [3.63, 3.8) is 0 Å². The summed E-state index contributed by atoms with van der Waals surface area (Å²) in [6.45, 7) is 4.80. The van der Waals surface area contributed by atoms with Crippen LogP contribution in [-0.4, -0.2) is 41.9 Å². The van der Waals surface area contributed by atoms with Crippen molar-refractivity contribution in [2.75, 3.05) is 13.1 Å². The minimum Gasteiger partial charge on any atom is -0.352 e. The number of amides is 2. The molecule has 0 aromatic heterocycles. The number of piperidine rings is 1. The SMILES string of the molecule is CC(C)[C@H](N)C(=O)NC1CCN(C(=O)c2ccccc2F)CC1.Cl. The van der Waals surface area contributed by atoms with E-state index in [2.05, 4.69) is 5.32 Å². The van der Waals surface area contributed by atoms with Crippen molar-refractivity contribution in [1.29, 1.82) is 0 Å². The average Bonchev–Trinajstić information content (AvgIpc) is 2.54. The molecule has 3 N–H and O–H groups in total. The van der Waals surface area contributed by atoms with E-state index in [0.717, 1.165) is 0 Å². The van der Waals surface area contributed by atoms with E-state index >= 15 is 0 Å². The first-order chi connectivity index (χ1) is 10.9. The molecule has 1 aliphatic rings. The number of hydrogen-bond acceptors (Lipinski definition) is 3. The molecule has 1 aromatic rings. The number of hydrogen-bond donors (Lipinski definition) is 2. The van der Waals surface area contributed by atoms with Gasteiger partial charge in [-0.2, -0.15) is 0 Å². The summed E-state index contributed by atoms with van der Waals surface area (Å²) >= 11 is 0. The van der Waals surface area contributed by atoms with Crippen molar-refractivity contribution in [2.45, 2.75) is 38.8 Å². The Morgan fingerprint density at radius 3 is 2.38 bits per heavy atom. The highest BCUT2D eigenvalue weighted by Gasteiger charge is 2.27. The number of carbonyl (C=O) groups is 2. The van der Waals surface area contributed by atoms with E-state index in [-0.39, 0.29) is 41.7 Å². The first-order valence-corrected chi connectivity index (χ1v) is 8.00. The van der Waals surface area contributed by atoms with Gasteiger partial charge in [-0.3, -0.25) is 9.59 Å². The van der Waals surface area contributed by atoms with Crippen LogP contribution in [0.3, 0.4) is 0 Å². The van der Waals surface area contributed by atoms with Crippen molar-refractivity contribution >= 4 is 24.2 Å². The van der Waals surface area contributed by atoms with Gasteiger partial charge in [0.05, 0.1) is 11.6 Å². The Kier molecular flexibility index (Phi) is 7.63. The second kappa shape index (κ2) is 8.99. The van der Waals surface area contributed by atoms with Crippen LogP contribution in [0.1, 0.15) is 37.0 Å². The largest absolute Gasteiger partial charge is 0.352 e. The van der Waals surface area contributed by atoms with Crippen LogP contribution in [0.15, 0.2) is 24.3 Å². The number of likely N-dealkylation sites (tertiary alicyclic amines) is 1. The highest BCUT2D eigenvalue weighted by molar-refractivity contribution is 5.94. The van der Waals surface area contributed by atoms with Crippen LogP contribution in [0.4, 0.5) is 4.39 Å². The number of rotatable bonds is 4. The Labute approximate surface area is 148 Å². The Bertz CT molecular complexity index is 575. The number of nitrogens with zero attached hydrogens (tertiary/aromatic N) is 1. The average molecular weight is 358 g/mol. The second-order valence-corrected chi connectivity index (χ2v) is 6.32. The Morgan fingerprint density at radius 1 is 1.25 bits per heavy atom. The van der Waals surface area contributed by atoms with Gasteiger partial charge in [0.25, 0.3) is 5.91 Å². The predicted molar refractivity (Wildman–Crippen MR) is 93.5 cm³/mol. The van der Waals surface area contributed by atoms with Gasteiger partial charge in [-0.1, -0.05) is 26.0 Å². The van der Waals surface area contributed by atoms with Crippen LogP contribution in [0.25, 0.3) is 0 Å². The second-order valence-electron chi connectivity index (χ2n) is 6.32. The van der Waals surface area contributed by atoms with Gasteiger partial charge in [0.15, 0.2) is 0 Å². The number of halogens is 2. The third kappa shape index (κ3) is 4.92. The van der Waals surface area contributed by atoms with Crippen LogP contribution in [0.5, 0.6) is 0 Å². The third-order valence-corrected chi connectivity index (χ3v) is 4.25. The molecule has 0 saturated carbocycles. The Balaban J connectivity index is 0.00000288. The molecule has 1 fully saturated rings. The molecule has 7 heteroatoms. The zero-order valence-electron chi connectivity index (χ0n) is 14.0. The minimum atomic E-state index is -0.520.